The van der Waals surface area contributed by atoms with Gasteiger partial charge in [0, 0.05) is 12.1 Å². The van der Waals surface area contributed by atoms with E-state index in [0.717, 1.165) is 0 Å². The predicted octanol–water partition coefficient (Wildman–Crippen LogP) is 8.61. The lowest BCUT2D eigenvalue weighted by Crippen LogP contribution is -2.35. The van der Waals surface area contributed by atoms with Crippen molar-refractivity contribution < 1.29 is 30.6 Å². The van der Waals surface area contributed by atoms with E-state index >= 15 is 0 Å². The fraction of sp³-hybridized carbons (Fsp3) is 0.455. The minimum atomic E-state index is -2.94. The molecule has 0 radical (unpaired) electrons. The van der Waals surface area contributed by atoms with Crippen LogP contribution < -0.4 is 10.5 Å². The van der Waals surface area contributed by atoms with Gasteiger partial charge in [-0.05, 0) is 89.7 Å². The number of hydrogen-bond donors (Lipinski definition) is 2. The Morgan fingerprint density at radius 3 is 1.57 bits per heavy atom. The summed E-state index contributed by atoms with van der Waals surface area (Å²) in [6.45, 7) is 8.41. The molecule has 35 heavy (non-hydrogen) atoms. The minimum absolute atomic E-state index is 0. The molecule has 0 aliphatic heterocycles. The highest BCUT2D eigenvalue weighted by Gasteiger charge is 2.27. The normalized spacial score (nSPS) is 14.2. The van der Waals surface area contributed by atoms with Gasteiger partial charge in [0.15, 0.2) is 0 Å². The lowest BCUT2D eigenvalue weighted by atomic mass is 10.0. The average molecular weight is 677 g/mol. The molecule has 2 rings (SSSR count). The first-order chi connectivity index (χ1) is 15.5. The van der Waals surface area contributed by atoms with Crippen LogP contribution in [0.2, 0.25) is 0 Å². The fourth-order valence-electron chi connectivity index (χ4n) is 2.78. The molecule has 200 valence electrons. The number of hydrogen-bond acceptors (Lipinski definition) is 2. The van der Waals surface area contributed by atoms with Crippen LogP contribution in [0.4, 0.5) is 26.3 Å². The molecule has 13 heteroatoms. The molecule has 0 bridgehead atoms. The number of rotatable bonds is 6. The molecular formula is C22H27Br2ClF6N2OS. The van der Waals surface area contributed by atoms with Crippen molar-refractivity contribution >= 4 is 55.3 Å². The molecule has 2 aromatic rings. The van der Waals surface area contributed by atoms with Crippen LogP contribution in [0, 0.1) is 11.6 Å². The van der Waals surface area contributed by atoms with Crippen LogP contribution in [-0.4, -0.2) is 8.96 Å². The molecule has 0 saturated heterocycles. The standard InChI is InChI=1S/C13H17BrF3NOS.C9H9BrF3N.ClH/c1-7(18-20(19)13(2,3)4)8-5-6-9(14)11(15)10(8)12(16)17;1-4(14)5-2-3-6(10)8(11)7(5)9(12)13;/h5-7,12,18H,1-4H3;2-4,9H,14H2,1H3;1H/t7-,20+;4-;/m11./s1. The van der Waals surface area contributed by atoms with Gasteiger partial charge in [-0.3, -0.25) is 0 Å². The molecule has 3 atom stereocenters. The molecule has 3 nitrogen and oxygen atoms in total. The number of nitrogens with two attached hydrogens (primary N) is 1. The molecule has 0 aromatic heterocycles. The maximum atomic E-state index is 13.8. The third kappa shape index (κ3) is 9.30. The van der Waals surface area contributed by atoms with Crippen molar-refractivity contribution in [1.82, 2.24) is 4.72 Å². The van der Waals surface area contributed by atoms with Crippen molar-refractivity contribution in [2.24, 2.45) is 5.73 Å². The van der Waals surface area contributed by atoms with Gasteiger partial charge in [-0.15, -0.1) is 12.4 Å². The molecule has 0 amide bonds. The first-order valence-corrected chi connectivity index (χ1v) is 12.7. The molecular weight excluding hydrogens is 650 g/mol. The van der Waals surface area contributed by atoms with E-state index < -0.39 is 63.4 Å². The van der Waals surface area contributed by atoms with E-state index in [1.807, 2.05) is 0 Å². The van der Waals surface area contributed by atoms with Crippen LogP contribution in [-0.2, 0) is 11.0 Å². The second-order valence-electron chi connectivity index (χ2n) is 8.34. The topological polar surface area (TPSA) is 55.1 Å². The van der Waals surface area contributed by atoms with Crippen LogP contribution in [0.5, 0.6) is 0 Å². The number of nitrogens with one attached hydrogen (secondary N) is 1. The van der Waals surface area contributed by atoms with Gasteiger partial charge in [0.2, 0.25) is 0 Å². The molecule has 0 fully saturated rings. The minimum Gasteiger partial charge on any atom is -0.324 e. The van der Waals surface area contributed by atoms with Gasteiger partial charge in [0.1, 0.15) is 11.6 Å². The summed E-state index contributed by atoms with van der Waals surface area (Å²) in [5, 5.41) is 0. The van der Waals surface area contributed by atoms with Crippen molar-refractivity contribution in [3.8, 4) is 0 Å². The molecule has 0 saturated carbocycles. The zero-order chi connectivity index (χ0) is 26.5. The van der Waals surface area contributed by atoms with E-state index in [2.05, 4.69) is 36.6 Å². The monoisotopic (exact) mass is 674 g/mol. The van der Waals surface area contributed by atoms with Crippen LogP contribution in [0.3, 0.4) is 0 Å². The summed E-state index contributed by atoms with van der Waals surface area (Å²) in [5.41, 5.74) is 4.43. The zero-order valence-corrected chi connectivity index (χ0v) is 24.2. The SMILES string of the molecule is C[C@@H](N)c1ccc(Br)c(F)c1C(F)F.C[C@@H](N[S@@](=O)C(C)(C)C)c1ccc(Br)c(F)c1C(F)F.Cl. The summed E-state index contributed by atoms with van der Waals surface area (Å²) in [6.07, 6.45) is -5.79. The quantitative estimate of drug-likeness (QED) is 0.301. The van der Waals surface area contributed by atoms with Crippen molar-refractivity contribution in [1.29, 1.82) is 0 Å². The van der Waals surface area contributed by atoms with Crippen LogP contribution in [0.1, 0.15) is 81.8 Å². The van der Waals surface area contributed by atoms with E-state index in [4.69, 9.17) is 5.73 Å². The molecule has 0 aliphatic carbocycles. The summed E-state index contributed by atoms with van der Waals surface area (Å²) in [4.78, 5) is 0. The lowest BCUT2D eigenvalue weighted by Gasteiger charge is -2.23. The number of halogens is 9. The Morgan fingerprint density at radius 2 is 1.23 bits per heavy atom. The second kappa shape index (κ2) is 14.3. The van der Waals surface area contributed by atoms with Crippen LogP contribution in [0.15, 0.2) is 33.2 Å². The Bertz CT molecular complexity index is 1020. The largest absolute Gasteiger partial charge is 0.324 e. The van der Waals surface area contributed by atoms with E-state index in [-0.39, 0.29) is 32.5 Å². The van der Waals surface area contributed by atoms with Crippen LogP contribution >= 0.6 is 44.3 Å². The second-order valence-corrected chi connectivity index (χ2v) is 12.0. The van der Waals surface area contributed by atoms with Gasteiger partial charge in [-0.25, -0.2) is 35.3 Å². The third-order valence-electron chi connectivity index (χ3n) is 4.57. The van der Waals surface area contributed by atoms with E-state index in [1.54, 1.807) is 27.7 Å². The van der Waals surface area contributed by atoms with Gasteiger partial charge in [-0.2, -0.15) is 0 Å². The van der Waals surface area contributed by atoms with Crippen LogP contribution in [0.25, 0.3) is 0 Å². The van der Waals surface area contributed by atoms with Gasteiger partial charge < -0.3 is 5.73 Å². The Balaban J connectivity index is 0.000000680. The first-order valence-electron chi connectivity index (χ1n) is 9.96. The maximum absolute atomic E-state index is 13.8. The maximum Gasteiger partial charge on any atom is 0.267 e. The highest BCUT2D eigenvalue weighted by Crippen LogP contribution is 2.34. The first kappa shape index (κ1) is 34.3. The summed E-state index contributed by atoms with van der Waals surface area (Å²) in [6, 6.07) is 4.29. The summed E-state index contributed by atoms with van der Waals surface area (Å²) >= 11 is 5.74. The summed E-state index contributed by atoms with van der Waals surface area (Å²) in [5.74, 6) is -1.91. The van der Waals surface area contributed by atoms with Crippen molar-refractivity contribution in [3.05, 3.63) is 67.1 Å². The molecule has 0 aliphatic rings. The predicted molar refractivity (Wildman–Crippen MR) is 137 cm³/mol. The molecule has 0 spiro atoms. The van der Waals surface area contributed by atoms with E-state index in [0.29, 0.717) is 0 Å². The lowest BCUT2D eigenvalue weighted by molar-refractivity contribution is 0.144. The van der Waals surface area contributed by atoms with Gasteiger partial charge >= 0.3 is 0 Å². The molecule has 3 N–H and O–H groups in total. The molecule has 0 unspecified atom stereocenters. The number of alkyl halides is 4. The van der Waals surface area contributed by atoms with Gasteiger partial charge in [0.05, 0.1) is 35.8 Å². The third-order valence-corrected chi connectivity index (χ3v) is 7.47. The van der Waals surface area contributed by atoms with Gasteiger partial charge in [0.25, 0.3) is 12.9 Å². The Labute approximate surface area is 226 Å². The molecule has 0 heterocycles. The van der Waals surface area contributed by atoms with Crippen molar-refractivity contribution in [2.45, 2.75) is 64.3 Å². The van der Waals surface area contributed by atoms with E-state index in [1.165, 1.54) is 31.2 Å². The van der Waals surface area contributed by atoms with Crippen molar-refractivity contribution in [2.75, 3.05) is 0 Å². The smallest absolute Gasteiger partial charge is 0.267 e. The highest BCUT2D eigenvalue weighted by molar-refractivity contribution is 9.10. The average Bonchev–Trinajstić information content (AvgIpc) is 2.70. The Morgan fingerprint density at radius 1 is 0.857 bits per heavy atom. The Kier molecular flexibility index (Phi) is 14.1. The van der Waals surface area contributed by atoms with E-state index in [9.17, 15) is 30.6 Å². The summed E-state index contributed by atoms with van der Waals surface area (Å²) < 4.78 is 92.4. The van der Waals surface area contributed by atoms with Gasteiger partial charge in [-0.1, -0.05) is 12.1 Å². The molecule has 2 aromatic carbocycles. The fourth-order valence-corrected chi connectivity index (χ4v) is 4.27. The van der Waals surface area contributed by atoms with Crippen molar-refractivity contribution in [3.63, 3.8) is 0 Å². The Hall–Kier alpha value is -0.660. The number of benzene rings is 2. The highest BCUT2D eigenvalue weighted by atomic mass is 79.9. The zero-order valence-electron chi connectivity index (χ0n) is 19.4. The summed E-state index contributed by atoms with van der Waals surface area (Å²) in [7, 11) is -1.43.